The third-order valence-electron chi connectivity index (χ3n) is 6.77. The molecule has 3 N–H and O–H groups in total. The van der Waals surface area contributed by atoms with Gasteiger partial charge in [-0.2, -0.15) is 5.10 Å². The van der Waals surface area contributed by atoms with Crippen LogP contribution in [-0.2, 0) is 13.1 Å². The average Bonchev–Trinajstić information content (AvgIpc) is 3.62. The molecule has 0 aliphatic rings. The Kier molecular flexibility index (Phi) is 6.02. The normalized spacial score (nSPS) is 11.4. The van der Waals surface area contributed by atoms with Crippen LogP contribution in [0.1, 0.15) is 11.1 Å². The lowest BCUT2D eigenvalue weighted by Gasteiger charge is -2.07. The summed E-state index contributed by atoms with van der Waals surface area (Å²) in [5, 5.41) is 11.0. The first-order valence-corrected chi connectivity index (χ1v) is 12.9. The van der Waals surface area contributed by atoms with Gasteiger partial charge >= 0.3 is 0 Å². The van der Waals surface area contributed by atoms with Gasteiger partial charge in [0.1, 0.15) is 11.3 Å². The molecule has 40 heavy (non-hydrogen) atoms. The van der Waals surface area contributed by atoms with Crippen molar-refractivity contribution >= 4 is 22.2 Å². The number of halogens is 1. The molecule has 5 heterocycles. The maximum absolute atomic E-state index is 13.5. The Hall–Kier alpha value is -5.28. The van der Waals surface area contributed by atoms with Gasteiger partial charge in [0.05, 0.1) is 16.7 Å². The van der Waals surface area contributed by atoms with Crippen molar-refractivity contribution in [3.63, 3.8) is 0 Å². The summed E-state index contributed by atoms with van der Waals surface area (Å²) in [7, 11) is 0. The molecule has 0 saturated carbocycles. The van der Waals surface area contributed by atoms with Gasteiger partial charge in [0.15, 0.2) is 17.2 Å². The molecule has 0 aliphatic carbocycles. The molecular formula is C31H23FN8. The average molecular weight is 527 g/mol. The van der Waals surface area contributed by atoms with Gasteiger partial charge in [0.2, 0.25) is 0 Å². The number of benzene rings is 2. The van der Waals surface area contributed by atoms with E-state index in [9.17, 15) is 4.39 Å². The van der Waals surface area contributed by atoms with Crippen molar-refractivity contribution in [2.45, 2.75) is 13.1 Å². The minimum atomic E-state index is -0.284. The van der Waals surface area contributed by atoms with Gasteiger partial charge in [-0.1, -0.05) is 42.5 Å². The lowest BCUT2D eigenvalue weighted by Crippen LogP contribution is -2.12. The number of imidazole rings is 1. The van der Waals surface area contributed by atoms with Crippen molar-refractivity contribution in [2.24, 2.45) is 0 Å². The standard InChI is InChI=1S/C31H23FN8/c32-23-8-6-21(7-9-23)24-12-13-35-30-27(24)37-31(38-30)29-28-26(39-40-29)11-10-25(36-28)22-14-20(17-34-18-22)16-33-15-19-4-2-1-3-5-19/h1-14,17-18,33H,15-16H2,(H,39,40)(H,35,37,38). The van der Waals surface area contributed by atoms with Crippen LogP contribution in [0.4, 0.5) is 4.39 Å². The molecule has 8 nitrogen and oxygen atoms in total. The van der Waals surface area contributed by atoms with E-state index < -0.39 is 0 Å². The fourth-order valence-electron chi connectivity index (χ4n) is 4.79. The van der Waals surface area contributed by atoms with Crippen LogP contribution in [0.3, 0.4) is 0 Å². The van der Waals surface area contributed by atoms with Gasteiger partial charge in [0.25, 0.3) is 0 Å². The van der Waals surface area contributed by atoms with Crippen LogP contribution < -0.4 is 5.32 Å². The van der Waals surface area contributed by atoms with Crippen LogP contribution in [0.15, 0.2) is 97.5 Å². The molecule has 0 atom stereocenters. The molecule has 9 heteroatoms. The van der Waals surface area contributed by atoms with E-state index in [2.05, 4.69) is 48.7 Å². The van der Waals surface area contributed by atoms with Crippen LogP contribution in [0.5, 0.6) is 0 Å². The molecule has 5 aromatic heterocycles. The Bertz CT molecular complexity index is 1940. The molecular weight excluding hydrogens is 503 g/mol. The van der Waals surface area contributed by atoms with Gasteiger partial charge < -0.3 is 10.3 Å². The van der Waals surface area contributed by atoms with Crippen molar-refractivity contribution in [1.82, 2.24) is 40.4 Å². The number of nitrogens with one attached hydrogen (secondary N) is 3. The van der Waals surface area contributed by atoms with Gasteiger partial charge in [-0.25, -0.2) is 19.3 Å². The number of fused-ring (bicyclic) bond motifs is 2. The van der Waals surface area contributed by atoms with Crippen LogP contribution in [0, 0.1) is 5.82 Å². The zero-order chi connectivity index (χ0) is 26.9. The van der Waals surface area contributed by atoms with Crippen molar-refractivity contribution in [1.29, 1.82) is 0 Å². The Morgan fingerprint density at radius 3 is 2.52 bits per heavy atom. The summed E-state index contributed by atoms with van der Waals surface area (Å²) in [6.45, 7) is 1.47. The molecule has 0 aliphatic heterocycles. The van der Waals surface area contributed by atoms with E-state index in [1.807, 2.05) is 48.8 Å². The summed E-state index contributed by atoms with van der Waals surface area (Å²) < 4.78 is 13.5. The Morgan fingerprint density at radius 1 is 0.800 bits per heavy atom. The highest BCUT2D eigenvalue weighted by Crippen LogP contribution is 2.31. The fraction of sp³-hybridized carbons (Fsp3) is 0.0645. The molecule has 7 aromatic rings. The SMILES string of the molecule is Fc1ccc(-c2ccnc3nc(-c4n[nH]c5ccc(-c6cncc(CNCc7ccccc7)c6)nc45)[nH]c23)cc1. The minimum Gasteiger partial charge on any atom is -0.335 e. The van der Waals surface area contributed by atoms with Gasteiger partial charge in [-0.3, -0.25) is 10.1 Å². The first-order valence-electron chi connectivity index (χ1n) is 12.9. The monoisotopic (exact) mass is 526 g/mol. The lowest BCUT2D eigenvalue weighted by atomic mass is 10.1. The fourth-order valence-corrected chi connectivity index (χ4v) is 4.79. The maximum atomic E-state index is 13.5. The van der Waals surface area contributed by atoms with Gasteiger partial charge in [-0.15, -0.1) is 0 Å². The molecule has 0 unspecified atom stereocenters. The highest BCUT2D eigenvalue weighted by Gasteiger charge is 2.17. The summed E-state index contributed by atoms with van der Waals surface area (Å²) in [6.07, 6.45) is 5.37. The van der Waals surface area contributed by atoms with E-state index in [0.29, 0.717) is 29.2 Å². The summed E-state index contributed by atoms with van der Waals surface area (Å²) >= 11 is 0. The Labute approximate surface area is 228 Å². The highest BCUT2D eigenvalue weighted by molar-refractivity contribution is 5.94. The number of H-pyrrole nitrogens is 2. The van der Waals surface area contributed by atoms with Crippen LogP contribution >= 0.6 is 0 Å². The number of aromatic nitrogens is 7. The number of rotatable bonds is 7. The molecule has 0 spiro atoms. The summed E-state index contributed by atoms with van der Waals surface area (Å²) in [5.41, 5.74) is 9.10. The smallest absolute Gasteiger partial charge is 0.178 e. The van der Waals surface area contributed by atoms with Crippen molar-refractivity contribution < 1.29 is 4.39 Å². The summed E-state index contributed by atoms with van der Waals surface area (Å²) in [6, 6.07) is 24.5. The third-order valence-corrected chi connectivity index (χ3v) is 6.77. The Morgan fingerprint density at radius 2 is 1.65 bits per heavy atom. The minimum absolute atomic E-state index is 0.284. The van der Waals surface area contributed by atoms with E-state index in [0.717, 1.165) is 45.5 Å². The molecule has 0 bridgehead atoms. The summed E-state index contributed by atoms with van der Waals surface area (Å²) in [4.78, 5) is 21.9. The zero-order valence-electron chi connectivity index (χ0n) is 21.3. The number of aromatic amines is 2. The first kappa shape index (κ1) is 23.8. The van der Waals surface area contributed by atoms with Crippen molar-refractivity contribution in [3.8, 4) is 33.9 Å². The molecule has 0 radical (unpaired) electrons. The predicted octanol–water partition coefficient (Wildman–Crippen LogP) is 6.05. The van der Waals surface area contributed by atoms with E-state index in [1.54, 1.807) is 18.3 Å². The van der Waals surface area contributed by atoms with Crippen LogP contribution in [0.2, 0.25) is 0 Å². The second kappa shape index (κ2) is 10.1. The van der Waals surface area contributed by atoms with E-state index in [1.165, 1.54) is 17.7 Å². The lowest BCUT2D eigenvalue weighted by molar-refractivity contribution is 0.628. The molecule has 7 rings (SSSR count). The number of hydrogen-bond acceptors (Lipinski definition) is 6. The predicted molar refractivity (Wildman–Crippen MR) is 152 cm³/mol. The van der Waals surface area contributed by atoms with Crippen molar-refractivity contribution in [2.75, 3.05) is 0 Å². The maximum Gasteiger partial charge on any atom is 0.178 e. The molecule has 194 valence electrons. The van der Waals surface area contributed by atoms with Crippen molar-refractivity contribution in [3.05, 3.63) is 114 Å². The second-order valence-corrected chi connectivity index (χ2v) is 9.49. The second-order valence-electron chi connectivity index (χ2n) is 9.49. The van der Waals surface area contributed by atoms with E-state index >= 15 is 0 Å². The topological polar surface area (TPSA) is 108 Å². The summed E-state index contributed by atoms with van der Waals surface area (Å²) in [5.74, 6) is 0.262. The zero-order valence-corrected chi connectivity index (χ0v) is 21.3. The quantitative estimate of drug-likeness (QED) is 0.233. The van der Waals surface area contributed by atoms with Crippen LogP contribution in [0.25, 0.3) is 56.1 Å². The molecule has 0 amide bonds. The Balaban J connectivity index is 1.20. The van der Waals surface area contributed by atoms with Gasteiger partial charge in [0, 0.05) is 42.8 Å². The third kappa shape index (κ3) is 4.59. The highest BCUT2D eigenvalue weighted by atomic mass is 19.1. The number of nitrogens with zero attached hydrogens (tertiary/aromatic N) is 5. The first-order chi connectivity index (χ1) is 19.7. The molecule has 0 saturated heterocycles. The van der Waals surface area contributed by atoms with Gasteiger partial charge in [-0.05, 0) is 53.1 Å². The molecule has 2 aromatic carbocycles. The largest absolute Gasteiger partial charge is 0.335 e. The van der Waals surface area contributed by atoms with E-state index in [-0.39, 0.29) is 5.82 Å². The van der Waals surface area contributed by atoms with E-state index in [4.69, 9.17) is 9.97 Å². The molecule has 0 fully saturated rings. The number of pyridine rings is 3. The number of hydrogen-bond donors (Lipinski definition) is 3. The van der Waals surface area contributed by atoms with Crippen LogP contribution in [-0.4, -0.2) is 35.1 Å².